The number of amides is 1. The minimum atomic E-state index is -1.03. The summed E-state index contributed by atoms with van der Waals surface area (Å²) in [6.45, 7) is 1.90. The fourth-order valence-corrected chi connectivity index (χ4v) is 2.89. The van der Waals surface area contributed by atoms with E-state index in [-0.39, 0.29) is 0 Å². The lowest BCUT2D eigenvalue weighted by Crippen LogP contribution is -2.45. The van der Waals surface area contributed by atoms with Gasteiger partial charge in [0.15, 0.2) is 0 Å². The molecule has 0 radical (unpaired) electrons. The molecule has 1 N–H and O–H groups in total. The molecule has 0 unspecified atom stereocenters. The molecular weight excluding hydrogens is 300 g/mol. The van der Waals surface area contributed by atoms with E-state index in [9.17, 15) is 19.5 Å². The van der Waals surface area contributed by atoms with Crippen molar-refractivity contribution >= 4 is 22.8 Å². The van der Waals surface area contributed by atoms with E-state index in [4.69, 9.17) is 0 Å². The fourth-order valence-electron chi connectivity index (χ4n) is 2.89. The summed E-state index contributed by atoms with van der Waals surface area (Å²) >= 11 is 0. The third-order valence-electron chi connectivity index (χ3n) is 4.14. The van der Waals surface area contributed by atoms with Gasteiger partial charge in [-0.2, -0.15) is 4.68 Å². The van der Waals surface area contributed by atoms with Gasteiger partial charge in [-0.25, -0.2) is 4.79 Å². The summed E-state index contributed by atoms with van der Waals surface area (Å²) in [5.74, 6) is -1.46. The third kappa shape index (κ3) is 2.56. The van der Waals surface area contributed by atoms with Gasteiger partial charge in [-0.3, -0.25) is 9.59 Å². The molecular formula is C15H16N4O4. The van der Waals surface area contributed by atoms with Crippen LogP contribution in [0.4, 0.5) is 0 Å². The van der Waals surface area contributed by atoms with E-state index in [1.54, 1.807) is 24.3 Å². The molecule has 8 nitrogen and oxygen atoms in total. The molecule has 1 aliphatic heterocycles. The highest BCUT2D eigenvalue weighted by Crippen LogP contribution is 2.21. The molecule has 0 aliphatic carbocycles. The normalized spacial score (nSPS) is 19.0. The molecule has 2 atom stereocenters. The van der Waals surface area contributed by atoms with Gasteiger partial charge < -0.3 is 10.0 Å². The van der Waals surface area contributed by atoms with Gasteiger partial charge in [0.25, 0.3) is 5.56 Å². The number of aromatic nitrogens is 3. The number of benzene rings is 1. The summed E-state index contributed by atoms with van der Waals surface area (Å²) < 4.78 is 1.02. The summed E-state index contributed by atoms with van der Waals surface area (Å²) in [7, 11) is 0. The molecule has 1 amide bonds. The molecule has 8 heteroatoms. The Labute approximate surface area is 131 Å². The van der Waals surface area contributed by atoms with Crippen molar-refractivity contribution in [1.82, 2.24) is 19.9 Å². The second-order valence-electron chi connectivity index (χ2n) is 5.56. The number of carbonyl (C=O) groups is 2. The summed E-state index contributed by atoms with van der Waals surface area (Å²) in [5.41, 5.74) is 0.0421. The Morgan fingerprint density at radius 1 is 1.35 bits per heavy atom. The van der Waals surface area contributed by atoms with Gasteiger partial charge in [-0.1, -0.05) is 17.3 Å². The van der Waals surface area contributed by atoms with Crippen molar-refractivity contribution in [2.75, 3.05) is 6.54 Å². The zero-order chi connectivity index (χ0) is 16.6. The number of nitrogens with zero attached hydrogens (tertiary/aromatic N) is 4. The van der Waals surface area contributed by atoms with Crippen LogP contribution in [0.1, 0.15) is 25.8 Å². The largest absolute Gasteiger partial charge is 0.480 e. The van der Waals surface area contributed by atoms with Crippen LogP contribution in [0, 0.1) is 0 Å². The van der Waals surface area contributed by atoms with Crippen LogP contribution < -0.4 is 5.56 Å². The maximum Gasteiger partial charge on any atom is 0.326 e. The minimum absolute atomic E-state index is 0.371. The number of hydrogen-bond acceptors (Lipinski definition) is 5. The van der Waals surface area contributed by atoms with Gasteiger partial charge >= 0.3 is 5.97 Å². The summed E-state index contributed by atoms with van der Waals surface area (Å²) in [4.78, 5) is 37.6. The van der Waals surface area contributed by atoms with Crippen LogP contribution >= 0.6 is 0 Å². The Bertz CT molecular complexity index is 832. The molecule has 1 fully saturated rings. The summed E-state index contributed by atoms with van der Waals surface area (Å²) in [6, 6.07) is 5.01. The Balaban J connectivity index is 1.95. The highest BCUT2D eigenvalue weighted by atomic mass is 16.4. The van der Waals surface area contributed by atoms with Gasteiger partial charge in [-0.05, 0) is 31.9 Å². The van der Waals surface area contributed by atoms with E-state index in [0.717, 1.165) is 4.68 Å². The molecule has 1 aromatic heterocycles. The first-order valence-corrected chi connectivity index (χ1v) is 7.38. The topological polar surface area (TPSA) is 105 Å². The fraction of sp³-hybridized carbons (Fsp3) is 0.400. The molecule has 2 heterocycles. The van der Waals surface area contributed by atoms with Crippen LogP contribution in [0.15, 0.2) is 29.1 Å². The average Bonchev–Trinajstić information content (AvgIpc) is 3.04. The molecule has 0 saturated carbocycles. The van der Waals surface area contributed by atoms with Gasteiger partial charge in [0.05, 0.1) is 5.39 Å². The van der Waals surface area contributed by atoms with Crippen LogP contribution in [0.25, 0.3) is 10.9 Å². The number of hydrogen-bond donors (Lipinski definition) is 1. The maximum absolute atomic E-state index is 12.6. The van der Waals surface area contributed by atoms with Crippen molar-refractivity contribution in [1.29, 1.82) is 0 Å². The Kier molecular flexibility index (Phi) is 3.81. The number of fused-ring (bicyclic) bond motifs is 1. The Morgan fingerprint density at radius 2 is 2.09 bits per heavy atom. The SMILES string of the molecule is C[C@@H](C(=O)N1CCC[C@@H]1C(=O)O)n1nnc2ccccc2c1=O. The number of aliphatic carboxylic acids is 1. The second-order valence-corrected chi connectivity index (χ2v) is 5.56. The quantitative estimate of drug-likeness (QED) is 0.880. The lowest BCUT2D eigenvalue weighted by Gasteiger charge is -2.25. The van der Waals surface area contributed by atoms with Crippen molar-refractivity contribution in [2.24, 2.45) is 0 Å². The first kappa shape index (κ1) is 15.1. The minimum Gasteiger partial charge on any atom is -0.480 e. The lowest BCUT2D eigenvalue weighted by molar-refractivity contribution is -0.149. The second kappa shape index (κ2) is 5.79. The third-order valence-corrected chi connectivity index (χ3v) is 4.14. The summed E-state index contributed by atoms with van der Waals surface area (Å²) in [5, 5.41) is 17.3. The first-order valence-electron chi connectivity index (χ1n) is 7.38. The van der Waals surface area contributed by atoms with E-state index >= 15 is 0 Å². The molecule has 0 bridgehead atoms. The molecule has 1 saturated heterocycles. The number of rotatable bonds is 3. The van der Waals surface area contributed by atoms with Crippen molar-refractivity contribution in [2.45, 2.75) is 31.8 Å². The lowest BCUT2D eigenvalue weighted by atomic mass is 10.2. The van der Waals surface area contributed by atoms with Crippen LogP contribution in [-0.2, 0) is 9.59 Å². The molecule has 1 aromatic carbocycles. The molecule has 3 rings (SSSR count). The van der Waals surface area contributed by atoms with Gasteiger partial charge in [0.1, 0.15) is 17.6 Å². The van der Waals surface area contributed by atoms with E-state index in [1.807, 2.05) is 0 Å². The predicted octanol–water partition coefficient (Wildman–Crippen LogP) is 0.428. The smallest absolute Gasteiger partial charge is 0.326 e. The van der Waals surface area contributed by atoms with Gasteiger partial charge in [0, 0.05) is 6.54 Å². The summed E-state index contributed by atoms with van der Waals surface area (Å²) in [6.07, 6.45) is 1.06. The molecule has 0 spiro atoms. The van der Waals surface area contributed by atoms with Crippen LogP contribution in [0.3, 0.4) is 0 Å². The zero-order valence-corrected chi connectivity index (χ0v) is 12.5. The number of carbonyl (C=O) groups excluding carboxylic acids is 1. The highest BCUT2D eigenvalue weighted by Gasteiger charge is 2.37. The predicted molar refractivity (Wildman–Crippen MR) is 80.9 cm³/mol. The molecule has 1 aliphatic rings. The highest BCUT2D eigenvalue weighted by molar-refractivity contribution is 5.86. The van der Waals surface area contributed by atoms with Crippen LogP contribution in [0.2, 0.25) is 0 Å². The Hall–Kier alpha value is -2.77. The number of carboxylic acid groups (broad SMARTS) is 1. The van der Waals surface area contributed by atoms with Crippen molar-refractivity contribution in [3.63, 3.8) is 0 Å². The zero-order valence-electron chi connectivity index (χ0n) is 12.5. The molecule has 23 heavy (non-hydrogen) atoms. The van der Waals surface area contributed by atoms with E-state index in [0.29, 0.717) is 30.3 Å². The first-order chi connectivity index (χ1) is 11.0. The van der Waals surface area contributed by atoms with Gasteiger partial charge in [-0.15, -0.1) is 5.10 Å². The van der Waals surface area contributed by atoms with Crippen molar-refractivity contribution in [3.8, 4) is 0 Å². The monoisotopic (exact) mass is 316 g/mol. The molecule has 2 aromatic rings. The van der Waals surface area contributed by atoms with Crippen LogP contribution in [0.5, 0.6) is 0 Å². The average molecular weight is 316 g/mol. The van der Waals surface area contributed by atoms with Crippen molar-refractivity contribution < 1.29 is 14.7 Å². The van der Waals surface area contributed by atoms with Gasteiger partial charge in [0.2, 0.25) is 5.91 Å². The van der Waals surface area contributed by atoms with E-state index < -0.39 is 29.5 Å². The number of likely N-dealkylation sites (tertiary alicyclic amines) is 1. The number of carboxylic acids is 1. The Morgan fingerprint density at radius 3 is 2.83 bits per heavy atom. The van der Waals surface area contributed by atoms with Crippen LogP contribution in [-0.4, -0.2) is 49.5 Å². The standard InChI is InChI=1S/C15H16N4O4/c1-9(13(20)18-8-4-7-12(18)15(22)23)19-14(21)10-5-2-3-6-11(10)16-17-19/h2-3,5-6,9,12H,4,7-8H2,1H3,(H,22,23)/t9-,12+/m0/s1. The molecule has 120 valence electrons. The van der Waals surface area contributed by atoms with E-state index in [2.05, 4.69) is 10.3 Å². The maximum atomic E-state index is 12.6. The van der Waals surface area contributed by atoms with Crippen molar-refractivity contribution in [3.05, 3.63) is 34.6 Å². The van der Waals surface area contributed by atoms with E-state index in [1.165, 1.54) is 11.8 Å².